The molecule has 2 amide bonds. The van der Waals surface area contributed by atoms with Crippen LogP contribution in [0.15, 0.2) is 48.5 Å². The molecular weight excluding hydrogens is 354 g/mol. The van der Waals surface area contributed by atoms with Gasteiger partial charge in [-0.2, -0.15) is 0 Å². The largest absolute Gasteiger partial charge is 0.497 e. The Morgan fingerprint density at radius 3 is 2.46 bits per heavy atom. The maximum Gasteiger partial charge on any atom is 0.279 e. The third-order valence-electron chi connectivity index (χ3n) is 4.63. The minimum atomic E-state index is -0.126. The maximum atomic E-state index is 12.6. The van der Waals surface area contributed by atoms with Crippen LogP contribution in [0, 0.1) is 6.92 Å². The third kappa shape index (κ3) is 6.70. The average Bonchev–Trinajstić information content (AvgIpc) is 2.69. The topological polar surface area (TPSA) is 63.1 Å². The van der Waals surface area contributed by atoms with Crippen LogP contribution in [0.3, 0.4) is 0 Å². The first kappa shape index (κ1) is 21.4. The van der Waals surface area contributed by atoms with Crippen molar-refractivity contribution < 1.29 is 19.2 Å². The van der Waals surface area contributed by atoms with Gasteiger partial charge in [0.15, 0.2) is 13.1 Å². The number of anilines is 1. The van der Waals surface area contributed by atoms with E-state index in [4.69, 9.17) is 4.74 Å². The molecule has 2 aromatic rings. The molecule has 1 unspecified atom stereocenters. The Labute approximate surface area is 167 Å². The molecule has 0 heterocycles. The van der Waals surface area contributed by atoms with Crippen LogP contribution >= 0.6 is 0 Å². The lowest BCUT2D eigenvalue weighted by Gasteiger charge is -2.22. The van der Waals surface area contributed by atoms with Gasteiger partial charge in [0.2, 0.25) is 0 Å². The molecule has 0 saturated heterocycles. The molecule has 6 heteroatoms. The van der Waals surface area contributed by atoms with Gasteiger partial charge in [-0.3, -0.25) is 9.59 Å². The number of likely N-dealkylation sites (N-methyl/N-ethyl adjacent to an activating group) is 2. The summed E-state index contributed by atoms with van der Waals surface area (Å²) in [5, 5.41) is 2.86. The fourth-order valence-electron chi connectivity index (χ4n) is 2.85. The number of nitrogens with zero attached hydrogens (tertiary/aromatic N) is 1. The molecule has 2 rings (SSSR count). The van der Waals surface area contributed by atoms with Crippen LogP contribution in [0.2, 0.25) is 0 Å². The van der Waals surface area contributed by atoms with Crippen LogP contribution in [0.4, 0.5) is 5.69 Å². The van der Waals surface area contributed by atoms with Crippen molar-refractivity contribution in [2.24, 2.45) is 0 Å². The number of carbonyl (C=O) groups is 2. The first-order chi connectivity index (χ1) is 13.4. The number of hydrogen-bond donors (Lipinski definition) is 2. The molecular formula is C22H30N3O3+. The van der Waals surface area contributed by atoms with Crippen LogP contribution in [0.1, 0.15) is 18.1 Å². The Balaban J connectivity index is 1.86. The van der Waals surface area contributed by atoms with Crippen molar-refractivity contribution in [3.8, 4) is 5.75 Å². The predicted molar refractivity (Wildman–Crippen MR) is 111 cm³/mol. The molecule has 2 aromatic carbocycles. The molecule has 0 fully saturated rings. The number of nitrogens with one attached hydrogen (secondary N) is 2. The van der Waals surface area contributed by atoms with Crippen LogP contribution in [0.5, 0.6) is 5.75 Å². The molecule has 2 N–H and O–H groups in total. The van der Waals surface area contributed by atoms with Gasteiger partial charge in [-0.15, -0.1) is 0 Å². The molecule has 0 aliphatic carbocycles. The highest BCUT2D eigenvalue weighted by Crippen LogP contribution is 2.16. The Morgan fingerprint density at radius 1 is 1.11 bits per heavy atom. The zero-order chi connectivity index (χ0) is 20.5. The molecule has 0 radical (unpaired) electrons. The monoisotopic (exact) mass is 384 g/mol. The van der Waals surface area contributed by atoms with E-state index in [9.17, 15) is 9.59 Å². The van der Waals surface area contributed by atoms with Gasteiger partial charge in [0.25, 0.3) is 11.8 Å². The van der Waals surface area contributed by atoms with Crippen molar-refractivity contribution in [2.45, 2.75) is 20.4 Å². The number of hydrogen-bond acceptors (Lipinski definition) is 3. The zero-order valence-electron chi connectivity index (χ0n) is 17.1. The lowest BCUT2D eigenvalue weighted by molar-refractivity contribution is -0.882. The lowest BCUT2D eigenvalue weighted by atomic mass is 10.1. The lowest BCUT2D eigenvalue weighted by Crippen LogP contribution is -3.13. The molecule has 0 aliphatic heterocycles. The summed E-state index contributed by atoms with van der Waals surface area (Å²) in [5.74, 6) is 0.580. The van der Waals surface area contributed by atoms with Crippen LogP contribution in [-0.2, 0) is 16.1 Å². The summed E-state index contributed by atoms with van der Waals surface area (Å²) in [5.41, 5.74) is 2.97. The SMILES string of the molecule is CC[NH+](CC(=O)Nc1cccc(OC)c1)CC(=O)N(C)Cc1ccc(C)cc1. The molecule has 0 aromatic heterocycles. The fraction of sp³-hybridized carbons (Fsp3) is 0.364. The van der Waals surface area contributed by atoms with E-state index in [2.05, 4.69) is 5.32 Å². The second kappa shape index (κ2) is 10.5. The van der Waals surface area contributed by atoms with E-state index in [1.807, 2.05) is 56.3 Å². The maximum absolute atomic E-state index is 12.6. The van der Waals surface area contributed by atoms with Gasteiger partial charge in [-0.1, -0.05) is 35.9 Å². The second-order valence-corrected chi connectivity index (χ2v) is 6.97. The van der Waals surface area contributed by atoms with Crippen molar-refractivity contribution >= 4 is 17.5 Å². The van der Waals surface area contributed by atoms with Gasteiger partial charge in [0.05, 0.1) is 13.7 Å². The van der Waals surface area contributed by atoms with Crippen LogP contribution in [0.25, 0.3) is 0 Å². The van der Waals surface area contributed by atoms with E-state index in [1.54, 1.807) is 25.1 Å². The summed E-state index contributed by atoms with van der Waals surface area (Å²) in [6.45, 7) is 5.78. The Kier molecular flexibility index (Phi) is 8.02. The van der Waals surface area contributed by atoms with Gasteiger partial charge in [-0.25, -0.2) is 0 Å². The molecule has 0 aliphatic rings. The average molecular weight is 385 g/mol. The number of amides is 2. The highest BCUT2D eigenvalue weighted by atomic mass is 16.5. The normalized spacial score (nSPS) is 11.6. The molecule has 1 atom stereocenters. The van der Waals surface area contributed by atoms with Crippen LogP contribution < -0.4 is 15.0 Å². The fourth-order valence-corrected chi connectivity index (χ4v) is 2.85. The zero-order valence-corrected chi connectivity index (χ0v) is 17.1. The van der Waals surface area contributed by atoms with Gasteiger partial charge in [0, 0.05) is 25.3 Å². The Bertz CT molecular complexity index is 790. The Morgan fingerprint density at radius 2 is 1.82 bits per heavy atom. The number of benzene rings is 2. The Hall–Kier alpha value is -2.86. The van der Waals surface area contributed by atoms with E-state index < -0.39 is 0 Å². The second-order valence-electron chi connectivity index (χ2n) is 6.97. The van der Waals surface area contributed by atoms with E-state index in [-0.39, 0.29) is 24.9 Å². The first-order valence-corrected chi connectivity index (χ1v) is 9.48. The molecule has 0 spiro atoms. The molecule has 0 saturated carbocycles. The molecule has 150 valence electrons. The van der Waals surface area contributed by atoms with Crippen LogP contribution in [-0.4, -0.2) is 50.5 Å². The van der Waals surface area contributed by atoms with E-state index in [0.717, 1.165) is 10.5 Å². The predicted octanol–water partition coefficient (Wildman–Crippen LogP) is 1.51. The van der Waals surface area contributed by atoms with Gasteiger partial charge >= 0.3 is 0 Å². The summed E-state index contributed by atoms with van der Waals surface area (Å²) in [6.07, 6.45) is 0. The minimum Gasteiger partial charge on any atom is -0.497 e. The number of ether oxygens (including phenoxy) is 1. The quantitative estimate of drug-likeness (QED) is 0.689. The van der Waals surface area contributed by atoms with Crippen molar-refractivity contribution in [3.63, 3.8) is 0 Å². The van der Waals surface area contributed by atoms with E-state index >= 15 is 0 Å². The third-order valence-corrected chi connectivity index (χ3v) is 4.63. The standard InChI is InChI=1S/C22H29N3O3/c1-5-25(15-21(26)23-19-7-6-8-20(13-19)28-4)16-22(27)24(3)14-18-11-9-17(2)10-12-18/h6-13H,5,14-16H2,1-4H3,(H,23,26)/p+1. The number of rotatable bonds is 9. The van der Waals surface area contributed by atoms with Gasteiger partial charge in [-0.05, 0) is 31.5 Å². The number of methoxy groups -OCH3 is 1. The number of aryl methyl sites for hydroxylation is 1. The highest BCUT2D eigenvalue weighted by Gasteiger charge is 2.19. The van der Waals surface area contributed by atoms with Gasteiger partial charge in [0.1, 0.15) is 5.75 Å². The van der Waals surface area contributed by atoms with E-state index in [0.29, 0.717) is 24.5 Å². The summed E-state index contributed by atoms with van der Waals surface area (Å²) >= 11 is 0. The van der Waals surface area contributed by atoms with Crippen molar-refractivity contribution in [1.29, 1.82) is 0 Å². The molecule has 6 nitrogen and oxygen atoms in total. The van der Waals surface area contributed by atoms with E-state index in [1.165, 1.54) is 5.56 Å². The molecule has 0 bridgehead atoms. The number of carbonyl (C=O) groups excluding carboxylic acids is 2. The van der Waals surface area contributed by atoms with Crippen molar-refractivity contribution in [2.75, 3.05) is 39.1 Å². The smallest absolute Gasteiger partial charge is 0.279 e. The minimum absolute atomic E-state index is 0.0200. The first-order valence-electron chi connectivity index (χ1n) is 9.48. The summed E-state index contributed by atoms with van der Waals surface area (Å²) in [6, 6.07) is 15.4. The number of quaternary nitrogens is 1. The van der Waals surface area contributed by atoms with Crippen molar-refractivity contribution in [1.82, 2.24) is 4.90 Å². The van der Waals surface area contributed by atoms with Crippen molar-refractivity contribution in [3.05, 3.63) is 59.7 Å². The summed E-state index contributed by atoms with van der Waals surface area (Å²) in [4.78, 5) is 27.5. The summed E-state index contributed by atoms with van der Waals surface area (Å²) < 4.78 is 5.17. The highest BCUT2D eigenvalue weighted by molar-refractivity contribution is 5.91. The van der Waals surface area contributed by atoms with Gasteiger partial charge < -0.3 is 19.9 Å². The molecule has 28 heavy (non-hydrogen) atoms. The summed E-state index contributed by atoms with van der Waals surface area (Å²) in [7, 11) is 3.38.